The maximum Gasteiger partial charge on any atom is 0.0837 e. The van der Waals surface area contributed by atoms with Crippen molar-refractivity contribution in [1.29, 1.82) is 0 Å². The van der Waals surface area contributed by atoms with Gasteiger partial charge in [0.15, 0.2) is 0 Å². The third-order valence-corrected chi connectivity index (χ3v) is 4.09. The zero-order chi connectivity index (χ0) is 15.4. The zero-order valence-corrected chi connectivity index (χ0v) is 14.3. The molecule has 0 amide bonds. The number of hydrogen-bond donors (Lipinski definition) is 1. The number of aryl methyl sites for hydroxylation is 1. The van der Waals surface area contributed by atoms with E-state index >= 15 is 0 Å². The molecule has 0 aliphatic carbocycles. The third kappa shape index (κ3) is 3.72. The molecule has 6 heteroatoms. The summed E-state index contributed by atoms with van der Waals surface area (Å²) >= 11 is 18.8. The van der Waals surface area contributed by atoms with Crippen LogP contribution in [-0.4, -0.2) is 16.3 Å². The average molecular weight is 347 g/mol. The molecule has 2 aromatic rings. The van der Waals surface area contributed by atoms with Gasteiger partial charge in [0.25, 0.3) is 0 Å². The van der Waals surface area contributed by atoms with Gasteiger partial charge < -0.3 is 5.32 Å². The fraction of sp³-hybridized carbons (Fsp3) is 0.400. The number of nitrogens with zero attached hydrogens (tertiary/aromatic N) is 2. The van der Waals surface area contributed by atoms with Gasteiger partial charge in [0.05, 0.1) is 23.0 Å². The van der Waals surface area contributed by atoms with Gasteiger partial charge in [0, 0.05) is 16.6 Å². The first-order chi connectivity index (χ1) is 10.1. The van der Waals surface area contributed by atoms with Crippen molar-refractivity contribution in [3.05, 3.63) is 50.7 Å². The largest absolute Gasteiger partial charge is 0.305 e. The van der Waals surface area contributed by atoms with Crippen LogP contribution >= 0.6 is 34.8 Å². The molecule has 0 saturated heterocycles. The summed E-state index contributed by atoms with van der Waals surface area (Å²) in [6.45, 7) is 5.73. The molecule has 1 heterocycles. The fourth-order valence-electron chi connectivity index (χ4n) is 2.34. The van der Waals surface area contributed by atoms with E-state index in [2.05, 4.69) is 17.3 Å². The van der Waals surface area contributed by atoms with Crippen molar-refractivity contribution in [3.8, 4) is 0 Å². The summed E-state index contributed by atoms with van der Waals surface area (Å²) < 4.78 is 1.92. The predicted molar refractivity (Wildman–Crippen MR) is 89.5 cm³/mol. The van der Waals surface area contributed by atoms with Gasteiger partial charge in [0.2, 0.25) is 0 Å². The van der Waals surface area contributed by atoms with Gasteiger partial charge in [0.1, 0.15) is 0 Å². The van der Waals surface area contributed by atoms with Gasteiger partial charge in [-0.05, 0) is 36.7 Å². The van der Waals surface area contributed by atoms with Gasteiger partial charge >= 0.3 is 0 Å². The number of aromatic nitrogens is 2. The smallest absolute Gasteiger partial charge is 0.0837 e. The van der Waals surface area contributed by atoms with Crippen molar-refractivity contribution in [1.82, 2.24) is 15.1 Å². The average Bonchev–Trinajstić information content (AvgIpc) is 2.81. The molecular weight excluding hydrogens is 329 g/mol. The lowest BCUT2D eigenvalue weighted by atomic mass is 10.0. The van der Waals surface area contributed by atoms with E-state index in [0.29, 0.717) is 15.1 Å². The van der Waals surface area contributed by atoms with E-state index < -0.39 is 0 Å². The maximum absolute atomic E-state index is 6.35. The molecule has 0 bridgehead atoms. The number of halogens is 3. The van der Waals surface area contributed by atoms with E-state index in [-0.39, 0.29) is 6.04 Å². The minimum Gasteiger partial charge on any atom is -0.305 e. The normalized spacial score (nSPS) is 12.6. The summed E-state index contributed by atoms with van der Waals surface area (Å²) in [6.07, 6.45) is 2.66. The Kier molecular flexibility index (Phi) is 5.94. The molecule has 1 atom stereocenters. The van der Waals surface area contributed by atoms with E-state index in [9.17, 15) is 0 Å². The first-order valence-electron chi connectivity index (χ1n) is 6.98. The molecule has 2 rings (SSSR count). The first kappa shape index (κ1) is 16.6. The number of benzene rings is 1. The third-order valence-electron chi connectivity index (χ3n) is 3.22. The van der Waals surface area contributed by atoms with E-state index in [0.717, 1.165) is 30.8 Å². The predicted octanol–water partition coefficient (Wildman–Crippen LogP) is 4.95. The summed E-state index contributed by atoms with van der Waals surface area (Å²) in [5.74, 6) is 0. The molecule has 0 aliphatic rings. The summed E-state index contributed by atoms with van der Waals surface area (Å²) in [7, 11) is 0. The minimum absolute atomic E-state index is 0.136. The summed E-state index contributed by atoms with van der Waals surface area (Å²) in [5.41, 5.74) is 1.83. The molecular formula is C15H18Cl3N3. The highest BCUT2D eigenvalue weighted by Crippen LogP contribution is 2.34. The number of hydrogen-bond acceptors (Lipinski definition) is 2. The molecule has 0 spiro atoms. The van der Waals surface area contributed by atoms with Crippen molar-refractivity contribution in [2.75, 3.05) is 6.54 Å². The number of nitrogens with one attached hydrogen (secondary N) is 1. The Balaban J connectivity index is 2.53. The first-order valence-corrected chi connectivity index (χ1v) is 8.11. The van der Waals surface area contributed by atoms with Crippen molar-refractivity contribution in [2.45, 2.75) is 32.9 Å². The van der Waals surface area contributed by atoms with Gasteiger partial charge in [-0.15, -0.1) is 0 Å². The Labute approximate surface area is 140 Å². The van der Waals surface area contributed by atoms with Gasteiger partial charge in [-0.2, -0.15) is 5.10 Å². The molecule has 0 aliphatic heterocycles. The molecule has 1 aromatic carbocycles. The lowest BCUT2D eigenvalue weighted by Crippen LogP contribution is -2.25. The minimum atomic E-state index is -0.136. The van der Waals surface area contributed by atoms with E-state index in [4.69, 9.17) is 34.8 Å². The van der Waals surface area contributed by atoms with E-state index in [1.54, 1.807) is 18.3 Å². The zero-order valence-electron chi connectivity index (χ0n) is 12.0. The Hall–Kier alpha value is -0.740. The van der Waals surface area contributed by atoms with Crippen LogP contribution in [0.4, 0.5) is 0 Å². The standard InChI is InChI=1S/C15H18Cl3N3/c1-3-7-21-15(13(18)9-20-21)14(19-4-2)11-8-10(16)5-6-12(11)17/h5-6,8-9,14,19H,3-4,7H2,1-2H3. The van der Waals surface area contributed by atoms with Crippen LogP contribution in [0.1, 0.15) is 37.6 Å². The maximum atomic E-state index is 6.35. The second-order valence-electron chi connectivity index (χ2n) is 4.76. The number of rotatable bonds is 6. The Morgan fingerprint density at radius 3 is 2.62 bits per heavy atom. The van der Waals surface area contributed by atoms with Gasteiger partial charge in [-0.25, -0.2) is 0 Å². The van der Waals surface area contributed by atoms with Crippen LogP contribution in [0.15, 0.2) is 24.4 Å². The molecule has 0 radical (unpaired) electrons. The molecule has 1 aromatic heterocycles. The summed E-state index contributed by atoms with van der Waals surface area (Å²) in [6, 6.07) is 5.32. The molecule has 0 saturated carbocycles. The Morgan fingerprint density at radius 1 is 1.19 bits per heavy atom. The molecule has 114 valence electrons. The second-order valence-corrected chi connectivity index (χ2v) is 6.01. The van der Waals surface area contributed by atoms with E-state index in [1.807, 2.05) is 17.7 Å². The highest BCUT2D eigenvalue weighted by atomic mass is 35.5. The van der Waals surface area contributed by atoms with Crippen LogP contribution in [0, 0.1) is 0 Å². The van der Waals surface area contributed by atoms with Crippen molar-refractivity contribution in [3.63, 3.8) is 0 Å². The Morgan fingerprint density at radius 2 is 1.95 bits per heavy atom. The molecule has 1 unspecified atom stereocenters. The SMILES string of the molecule is CCCn1ncc(Cl)c1C(NCC)c1cc(Cl)ccc1Cl. The van der Waals surface area contributed by atoms with Crippen LogP contribution in [0.25, 0.3) is 0 Å². The monoisotopic (exact) mass is 345 g/mol. The van der Waals surface area contributed by atoms with Crippen LogP contribution < -0.4 is 5.32 Å². The molecule has 21 heavy (non-hydrogen) atoms. The summed E-state index contributed by atoms with van der Waals surface area (Å²) in [4.78, 5) is 0. The second kappa shape index (κ2) is 7.50. The van der Waals surface area contributed by atoms with Crippen molar-refractivity contribution in [2.24, 2.45) is 0 Å². The highest BCUT2D eigenvalue weighted by Gasteiger charge is 2.23. The topological polar surface area (TPSA) is 29.9 Å². The lowest BCUT2D eigenvalue weighted by molar-refractivity contribution is 0.520. The molecule has 1 N–H and O–H groups in total. The highest BCUT2D eigenvalue weighted by molar-refractivity contribution is 6.34. The van der Waals surface area contributed by atoms with Crippen LogP contribution in [-0.2, 0) is 6.54 Å². The van der Waals surface area contributed by atoms with Crippen LogP contribution in [0.2, 0.25) is 15.1 Å². The quantitative estimate of drug-likeness (QED) is 0.802. The molecule has 0 fully saturated rings. The van der Waals surface area contributed by atoms with Crippen molar-refractivity contribution < 1.29 is 0 Å². The van der Waals surface area contributed by atoms with Crippen LogP contribution in [0.5, 0.6) is 0 Å². The van der Waals surface area contributed by atoms with Crippen LogP contribution in [0.3, 0.4) is 0 Å². The molecule has 3 nitrogen and oxygen atoms in total. The Bertz CT molecular complexity index is 610. The fourth-order valence-corrected chi connectivity index (χ4v) is 3.00. The lowest BCUT2D eigenvalue weighted by Gasteiger charge is -2.22. The van der Waals surface area contributed by atoms with Gasteiger partial charge in [-0.1, -0.05) is 48.7 Å². The van der Waals surface area contributed by atoms with Crippen molar-refractivity contribution >= 4 is 34.8 Å². The van der Waals surface area contributed by atoms with E-state index in [1.165, 1.54) is 0 Å². The summed E-state index contributed by atoms with van der Waals surface area (Å²) in [5, 5.41) is 9.71. The van der Waals surface area contributed by atoms with Gasteiger partial charge in [-0.3, -0.25) is 4.68 Å².